The normalized spacial score (nSPS) is 25.8. The summed E-state index contributed by atoms with van der Waals surface area (Å²) >= 11 is 1.23. The van der Waals surface area contributed by atoms with Crippen molar-refractivity contribution in [2.75, 3.05) is 19.7 Å². The number of ether oxygens (including phenoxy) is 1. The first kappa shape index (κ1) is 72.3. The van der Waals surface area contributed by atoms with Gasteiger partial charge in [0.05, 0.1) is 49.3 Å². The number of nitrogens with one attached hydrogen (secondary N) is 5. The van der Waals surface area contributed by atoms with Gasteiger partial charge >= 0.3 is 29.6 Å². The van der Waals surface area contributed by atoms with Crippen LogP contribution < -0.4 is 76.1 Å². The number of benzene rings is 3. The van der Waals surface area contributed by atoms with E-state index in [9.17, 15) is 89.6 Å². The SMILES string of the molecule is CCCCOc1ccc(-c2nn3cc(-c4ccc(C(=O)N[C@H]5CC(O)C(O)NC(=O)C6C(O)C(C)CN6C(=O)C(C(O)CC(N)=O)NC(=O)C(C(O)C(O)c6ccc(O)c(OSOO[O-])c6)NC(=O)C6CC(O)CN6C(=O)C(C(C)O)NC5=O)cc4)nc3s2)cc1.[Na+]. The summed E-state index contributed by atoms with van der Waals surface area (Å²) in [4.78, 5) is 120. The molecule has 16 N–H and O–H groups in total. The molecule has 3 aliphatic heterocycles. The van der Waals surface area contributed by atoms with E-state index < -0.39 is 188 Å². The third-order valence-electron chi connectivity index (χ3n) is 15.4. The van der Waals surface area contributed by atoms with E-state index in [2.05, 4.69) is 42.7 Å². The summed E-state index contributed by atoms with van der Waals surface area (Å²) in [5.41, 5.74) is 6.76. The molecule has 33 nitrogen and oxygen atoms in total. The number of aliphatic hydroxyl groups excluding tert-OH is 8. The van der Waals surface area contributed by atoms with Gasteiger partial charge in [-0.3, -0.25) is 43.4 Å². The Morgan fingerprint density at radius 2 is 1.50 bits per heavy atom. The molecule has 8 amide bonds. The van der Waals surface area contributed by atoms with Crippen LogP contribution in [0.3, 0.4) is 0 Å². The monoisotopic (exact) mass is 1330 g/mol. The number of unbranched alkanes of at least 4 members (excludes halogenated alkanes) is 1. The number of carbonyl (C=O) groups excluding carboxylic acids is 8. The molecule has 2 aromatic heterocycles. The van der Waals surface area contributed by atoms with Gasteiger partial charge in [0.1, 0.15) is 65.3 Å². The van der Waals surface area contributed by atoms with Crippen molar-refractivity contribution in [1.29, 1.82) is 0 Å². The number of amides is 8. The number of fused-ring (bicyclic) bond motifs is 3. The second-order valence-electron chi connectivity index (χ2n) is 22.0. The van der Waals surface area contributed by atoms with E-state index in [1.165, 1.54) is 30.4 Å². The average Bonchev–Trinajstić information content (AvgIpc) is 1.63. The second-order valence-corrected chi connectivity index (χ2v) is 23.4. The van der Waals surface area contributed by atoms with Crippen LogP contribution in [-0.2, 0) is 42.9 Å². The topological polar surface area (TPSA) is 501 Å². The molecule has 0 saturated carbocycles. The number of phenolic OH excluding ortho intramolecular Hbond substituents is 1. The molecule has 0 spiro atoms. The van der Waals surface area contributed by atoms with Crippen LogP contribution in [0.5, 0.6) is 17.2 Å². The number of imidazole rings is 1. The molecule has 36 heteroatoms. The Morgan fingerprint density at radius 1 is 0.837 bits per heavy atom. The molecule has 0 radical (unpaired) electrons. The number of carbonyl (C=O) groups is 8. The predicted molar refractivity (Wildman–Crippen MR) is 312 cm³/mol. The Hall–Kier alpha value is -7.17. The quantitative estimate of drug-likeness (QED) is 0.0120. The molecular weight excluding hydrogens is 1270 g/mol. The molecule has 0 bridgehead atoms. The maximum absolute atomic E-state index is 14.7. The number of nitrogens with two attached hydrogens (primary N) is 1. The number of phenols is 1. The maximum Gasteiger partial charge on any atom is 1.00 e. The number of aromatic nitrogens is 3. The number of rotatable bonds is 19. The summed E-state index contributed by atoms with van der Waals surface area (Å²) < 4.78 is 16.4. The van der Waals surface area contributed by atoms with Gasteiger partial charge in [-0.1, -0.05) is 49.8 Å². The van der Waals surface area contributed by atoms with Crippen LogP contribution in [0.2, 0.25) is 0 Å². The van der Waals surface area contributed by atoms with Crippen LogP contribution in [0.1, 0.15) is 74.9 Å². The van der Waals surface area contributed by atoms with E-state index in [1.54, 1.807) is 22.8 Å². The van der Waals surface area contributed by atoms with Gasteiger partial charge in [-0.2, -0.15) is 5.10 Å². The molecule has 492 valence electrons. The minimum Gasteiger partial charge on any atom is -0.691 e. The first-order valence-electron chi connectivity index (χ1n) is 28.5. The van der Waals surface area contributed by atoms with Crippen LogP contribution in [-0.4, -0.2) is 216 Å². The van der Waals surface area contributed by atoms with Gasteiger partial charge in [0.25, 0.3) is 18.2 Å². The minimum atomic E-state index is -2.57. The van der Waals surface area contributed by atoms with Crippen molar-refractivity contribution >= 4 is 75.9 Å². The van der Waals surface area contributed by atoms with Gasteiger partial charge in [0, 0.05) is 48.5 Å². The van der Waals surface area contributed by atoms with E-state index in [0.29, 0.717) is 37.6 Å². The van der Waals surface area contributed by atoms with E-state index in [-0.39, 0.29) is 47.4 Å². The van der Waals surface area contributed by atoms with Gasteiger partial charge in [-0.05, 0) is 67.4 Å². The van der Waals surface area contributed by atoms with Crippen molar-refractivity contribution in [3.63, 3.8) is 0 Å². The average molecular weight is 1330 g/mol. The molecule has 3 aliphatic rings. The summed E-state index contributed by atoms with van der Waals surface area (Å²) in [5.74, 6) is -12.1. The largest absolute Gasteiger partial charge is 1.00 e. The first-order chi connectivity index (χ1) is 43.3. The Labute approximate surface area is 553 Å². The van der Waals surface area contributed by atoms with E-state index in [1.807, 2.05) is 29.6 Å². The van der Waals surface area contributed by atoms with Gasteiger partial charge in [0.2, 0.25) is 46.3 Å². The molecule has 92 heavy (non-hydrogen) atoms. The maximum atomic E-state index is 14.7. The zero-order valence-electron chi connectivity index (χ0n) is 49.7. The first-order valence-corrected chi connectivity index (χ1v) is 30.0. The van der Waals surface area contributed by atoms with Crippen molar-refractivity contribution in [3.8, 4) is 39.1 Å². The fourth-order valence-corrected chi connectivity index (χ4v) is 11.6. The molecule has 8 rings (SSSR count). The number of nitrogens with zero attached hydrogens (tertiary/aromatic N) is 5. The fraction of sp³-hybridized carbons (Fsp3) is 0.464. The number of hydrogen-bond donors (Lipinski definition) is 15. The smallest absolute Gasteiger partial charge is 0.691 e. The number of aromatic hydroxyl groups is 1. The molecule has 15 atom stereocenters. The Morgan fingerprint density at radius 3 is 2.15 bits per heavy atom. The molecular formula is C56H68N11NaO22S2. The van der Waals surface area contributed by atoms with Crippen molar-refractivity contribution in [1.82, 2.24) is 51.0 Å². The molecule has 3 saturated heterocycles. The minimum absolute atomic E-state index is 0. The van der Waals surface area contributed by atoms with Crippen molar-refractivity contribution in [2.45, 2.75) is 138 Å². The fourth-order valence-electron chi connectivity index (χ4n) is 10.5. The number of aliphatic hydroxyl groups is 8. The molecule has 5 heterocycles. The molecule has 5 aromatic rings. The number of primary amides is 1. The van der Waals surface area contributed by atoms with Gasteiger partial charge in [-0.15, -0.1) is 4.33 Å². The van der Waals surface area contributed by atoms with Crippen LogP contribution >= 0.6 is 23.7 Å². The van der Waals surface area contributed by atoms with Crippen LogP contribution in [0, 0.1) is 5.92 Å². The van der Waals surface area contributed by atoms with Gasteiger partial charge < -0.3 is 102 Å². The number of hydrogen-bond acceptors (Lipinski definition) is 26. The van der Waals surface area contributed by atoms with Crippen molar-refractivity contribution in [2.24, 2.45) is 11.7 Å². The molecule has 14 unspecified atom stereocenters. The van der Waals surface area contributed by atoms with Crippen LogP contribution in [0.15, 0.2) is 72.9 Å². The van der Waals surface area contributed by atoms with Gasteiger partial charge in [0.15, 0.2) is 17.7 Å². The predicted octanol–water partition coefficient (Wildman–Crippen LogP) is -7.19. The summed E-state index contributed by atoms with van der Waals surface area (Å²) in [6.45, 7) is 3.86. The zero-order valence-corrected chi connectivity index (χ0v) is 53.3. The van der Waals surface area contributed by atoms with E-state index >= 15 is 0 Å². The Bertz CT molecular complexity index is 3410. The Kier molecular flexibility index (Phi) is 25.2. The van der Waals surface area contributed by atoms with Crippen LogP contribution in [0.25, 0.3) is 26.8 Å². The summed E-state index contributed by atoms with van der Waals surface area (Å²) in [5, 5.41) is 132. The van der Waals surface area contributed by atoms with E-state index in [0.717, 1.165) is 49.3 Å². The molecule has 3 fully saturated rings. The van der Waals surface area contributed by atoms with E-state index in [4.69, 9.17) is 19.6 Å². The summed E-state index contributed by atoms with van der Waals surface area (Å²) in [7, 11) is 0. The zero-order chi connectivity index (χ0) is 66.1. The Balaban J connectivity index is 0.0000120. The third kappa shape index (κ3) is 17.2. The second kappa shape index (κ2) is 32.1. The third-order valence-corrected chi connectivity index (χ3v) is 16.7. The molecule has 3 aromatic carbocycles. The summed E-state index contributed by atoms with van der Waals surface area (Å²) in [6, 6.07) is 3.27. The van der Waals surface area contributed by atoms with Gasteiger partial charge in [-0.25, -0.2) is 9.50 Å². The molecule has 0 aliphatic carbocycles. The standard InChI is InChI=1S/C56H69N11O22S2.Na/c1-4-5-16-86-31-13-10-28(11-14-31)53-64-67-23-33(59-56(67)90-53)26-6-8-27(9-7-26)47(77)58-32-19-37(72)50(80)63-52(82)43-44(74)24(2)21-66(43)55(84)41(36(71)20-39(57)73)61-51(81)42(46(76)45(75)29-12-15-35(70)38(17-29)87-91-89-88-85)62-49(79)34-18-30(69)22-65(34)54(83)40(25(3)68)60-48(32)78;/h6-15,17,23-25,30,32,34,36-37,40-46,50,68-72,74-76,80,85H,4-5,16,18-22H2,1-3H3,(H2,57,73)(H,58,77)(H,60,78)(H,61,81)(H,62,79)(H,63,82);/q;+1/p-1/t24?,25?,30?,32-,34?,36?,37?,40?,41?,42?,43?,44?,45?,46?,50?;/m0./s1. The summed E-state index contributed by atoms with van der Waals surface area (Å²) in [6.07, 6.45) is -16.1. The van der Waals surface area contributed by atoms with Crippen molar-refractivity contribution in [3.05, 3.63) is 84.1 Å². The van der Waals surface area contributed by atoms with Crippen molar-refractivity contribution < 1.29 is 137 Å². The van der Waals surface area contributed by atoms with Crippen LogP contribution in [0.4, 0.5) is 0 Å².